The fourth-order valence-corrected chi connectivity index (χ4v) is 2.13. The third-order valence-corrected chi connectivity index (χ3v) is 3.02. The Hall–Kier alpha value is -0.830. The Labute approximate surface area is 92.1 Å². The molecular formula is C12H21NO2. The number of likely N-dealkylation sites (tertiary alicyclic amines) is 1. The van der Waals surface area contributed by atoms with Crippen LogP contribution in [0, 0.1) is 0 Å². The maximum Gasteiger partial charge on any atom is 0.330 e. The van der Waals surface area contributed by atoms with Crippen molar-refractivity contribution in [3.63, 3.8) is 0 Å². The largest absolute Gasteiger partial charge is 0.466 e. The smallest absolute Gasteiger partial charge is 0.330 e. The minimum Gasteiger partial charge on any atom is -0.466 e. The van der Waals surface area contributed by atoms with Gasteiger partial charge >= 0.3 is 5.97 Å². The maximum absolute atomic E-state index is 10.9. The summed E-state index contributed by atoms with van der Waals surface area (Å²) in [6, 6.07) is 0.615. The molecule has 3 nitrogen and oxygen atoms in total. The quantitative estimate of drug-likeness (QED) is 0.526. The lowest BCUT2D eigenvalue weighted by Gasteiger charge is -2.34. The number of ether oxygens (including phenoxy) is 1. The molecule has 15 heavy (non-hydrogen) atoms. The van der Waals surface area contributed by atoms with Gasteiger partial charge in [-0.25, -0.2) is 4.79 Å². The summed E-state index contributed by atoms with van der Waals surface area (Å²) in [5.41, 5.74) is 0. The number of esters is 1. The molecule has 0 aromatic carbocycles. The summed E-state index contributed by atoms with van der Waals surface area (Å²) in [6.45, 7) is 4.51. The van der Waals surface area contributed by atoms with Crippen molar-refractivity contribution in [1.82, 2.24) is 4.90 Å². The zero-order chi connectivity index (χ0) is 11.1. The third-order valence-electron chi connectivity index (χ3n) is 3.02. The van der Waals surface area contributed by atoms with Gasteiger partial charge in [0.25, 0.3) is 0 Å². The zero-order valence-corrected chi connectivity index (χ0v) is 9.74. The Bertz CT molecular complexity index is 226. The molecule has 0 aromatic heterocycles. The van der Waals surface area contributed by atoms with Crippen LogP contribution < -0.4 is 0 Å². The number of nitrogens with zero attached hydrogens (tertiary/aromatic N) is 1. The minimum atomic E-state index is -0.256. The first-order chi connectivity index (χ1) is 7.27. The van der Waals surface area contributed by atoms with E-state index in [1.165, 1.54) is 39.0 Å². The highest BCUT2D eigenvalue weighted by Gasteiger charge is 2.19. The summed E-state index contributed by atoms with van der Waals surface area (Å²) < 4.78 is 4.55. The van der Waals surface area contributed by atoms with Gasteiger partial charge in [0.2, 0.25) is 0 Å². The van der Waals surface area contributed by atoms with E-state index in [-0.39, 0.29) is 5.97 Å². The lowest BCUT2D eigenvalue weighted by Crippen LogP contribution is -2.38. The number of hydrogen-bond acceptors (Lipinski definition) is 3. The van der Waals surface area contributed by atoms with E-state index >= 15 is 0 Å². The van der Waals surface area contributed by atoms with Crippen LogP contribution >= 0.6 is 0 Å². The Morgan fingerprint density at radius 2 is 2.33 bits per heavy atom. The van der Waals surface area contributed by atoms with Gasteiger partial charge in [-0.15, -0.1) is 0 Å². The van der Waals surface area contributed by atoms with Gasteiger partial charge in [0, 0.05) is 12.1 Å². The molecule has 1 atom stereocenters. The number of piperidine rings is 1. The number of carbonyl (C=O) groups is 1. The Kier molecular flexibility index (Phi) is 5.40. The predicted molar refractivity (Wildman–Crippen MR) is 60.7 cm³/mol. The van der Waals surface area contributed by atoms with Gasteiger partial charge in [-0.3, -0.25) is 0 Å². The topological polar surface area (TPSA) is 29.5 Å². The molecule has 0 radical (unpaired) electrons. The van der Waals surface area contributed by atoms with Crippen molar-refractivity contribution in [2.45, 2.75) is 38.6 Å². The van der Waals surface area contributed by atoms with E-state index in [1.807, 2.05) is 6.08 Å². The summed E-state index contributed by atoms with van der Waals surface area (Å²) >= 11 is 0. The van der Waals surface area contributed by atoms with Gasteiger partial charge in [-0.05, 0) is 32.4 Å². The van der Waals surface area contributed by atoms with Crippen molar-refractivity contribution in [2.24, 2.45) is 0 Å². The summed E-state index contributed by atoms with van der Waals surface area (Å²) in [5, 5.41) is 0. The highest BCUT2D eigenvalue weighted by molar-refractivity contribution is 5.81. The van der Waals surface area contributed by atoms with Crippen molar-refractivity contribution in [2.75, 3.05) is 20.2 Å². The number of carbonyl (C=O) groups excluding carboxylic acids is 1. The second kappa shape index (κ2) is 6.62. The van der Waals surface area contributed by atoms with Gasteiger partial charge in [0.15, 0.2) is 0 Å². The summed E-state index contributed by atoms with van der Waals surface area (Å²) in [6.07, 6.45) is 8.30. The molecule has 1 fully saturated rings. The van der Waals surface area contributed by atoms with Crippen molar-refractivity contribution in [1.29, 1.82) is 0 Å². The van der Waals surface area contributed by atoms with Gasteiger partial charge in [0.05, 0.1) is 7.11 Å². The van der Waals surface area contributed by atoms with E-state index < -0.39 is 0 Å². The summed E-state index contributed by atoms with van der Waals surface area (Å²) in [7, 11) is 1.41. The van der Waals surface area contributed by atoms with E-state index in [1.54, 1.807) is 0 Å². The molecule has 0 spiro atoms. The van der Waals surface area contributed by atoms with Gasteiger partial charge < -0.3 is 9.64 Å². The molecule has 3 heteroatoms. The van der Waals surface area contributed by atoms with Crippen molar-refractivity contribution >= 4 is 5.97 Å². The fraction of sp³-hybridized carbons (Fsp3) is 0.750. The summed E-state index contributed by atoms with van der Waals surface area (Å²) in [5.74, 6) is -0.256. The SMILES string of the molecule is CCN1CCCCC1C/C=C\C(=O)OC. The molecule has 1 aliphatic heterocycles. The monoisotopic (exact) mass is 211 g/mol. The Morgan fingerprint density at radius 3 is 3.00 bits per heavy atom. The third kappa shape index (κ3) is 4.04. The predicted octanol–water partition coefficient (Wildman–Crippen LogP) is 1.98. The first kappa shape index (κ1) is 12.2. The van der Waals surface area contributed by atoms with Crippen LogP contribution in [0.3, 0.4) is 0 Å². The fourth-order valence-electron chi connectivity index (χ4n) is 2.13. The van der Waals surface area contributed by atoms with E-state index in [2.05, 4.69) is 16.6 Å². The van der Waals surface area contributed by atoms with Crippen LogP contribution in [-0.2, 0) is 9.53 Å². The first-order valence-electron chi connectivity index (χ1n) is 5.76. The Morgan fingerprint density at radius 1 is 1.53 bits per heavy atom. The van der Waals surface area contributed by atoms with E-state index in [4.69, 9.17) is 0 Å². The molecule has 0 aliphatic carbocycles. The van der Waals surface area contributed by atoms with Gasteiger partial charge in [0.1, 0.15) is 0 Å². The molecule has 0 bridgehead atoms. The number of methoxy groups -OCH3 is 1. The van der Waals surface area contributed by atoms with E-state index in [0.29, 0.717) is 6.04 Å². The normalized spacial score (nSPS) is 23.2. The standard InChI is InChI=1S/C12H21NO2/c1-3-13-10-5-4-7-11(13)8-6-9-12(14)15-2/h6,9,11H,3-5,7-8,10H2,1-2H3/b9-6-. The van der Waals surface area contributed by atoms with Crippen LogP contribution in [0.1, 0.15) is 32.6 Å². The molecule has 0 saturated carbocycles. The first-order valence-corrected chi connectivity index (χ1v) is 5.76. The van der Waals surface area contributed by atoms with Crippen LogP contribution in [0.25, 0.3) is 0 Å². The van der Waals surface area contributed by atoms with Crippen LogP contribution in [0.4, 0.5) is 0 Å². The zero-order valence-electron chi connectivity index (χ0n) is 9.74. The Balaban J connectivity index is 2.35. The highest BCUT2D eigenvalue weighted by atomic mass is 16.5. The average Bonchev–Trinajstić information content (AvgIpc) is 2.29. The van der Waals surface area contributed by atoms with Crippen molar-refractivity contribution in [3.05, 3.63) is 12.2 Å². The minimum absolute atomic E-state index is 0.256. The van der Waals surface area contributed by atoms with Crippen LogP contribution in [0.15, 0.2) is 12.2 Å². The average molecular weight is 211 g/mol. The molecule has 1 aliphatic rings. The molecule has 1 rings (SSSR count). The van der Waals surface area contributed by atoms with Crippen molar-refractivity contribution < 1.29 is 9.53 Å². The molecule has 0 amide bonds. The van der Waals surface area contributed by atoms with Crippen molar-refractivity contribution in [3.8, 4) is 0 Å². The molecule has 86 valence electrons. The maximum atomic E-state index is 10.9. The van der Waals surface area contributed by atoms with E-state index in [9.17, 15) is 4.79 Å². The molecule has 1 unspecified atom stereocenters. The summed E-state index contributed by atoms with van der Waals surface area (Å²) in [4.78, 5) is 13.4. The number of hydrogen-bond donors (Lipinski definition) is 0. The highest BCUT2D eigenvalue weighted by Crippen LogP contribution is 2.19. The molecule has 1 saturated heterocycles. The second-order valence-corrected chi connectivity index (χ2v) is 3.94. The van der Waals surface area contributed by atoms with Gasteiger partial charge in [-0.1, -0.05) is 19.4 Å². The number of rotatable bonds is 4. The molecule has 1 heterocycles. The van der Waals surface area contributed by atoms with E-state index in [0.717, 1.165) is 13.0 Å². The molecule has 0 aromatic rings. The lowest BCUT2D eigenvalue weighted by molar-refractivity contribution is -0.134. The lowest BCUT2D eigenvalue weighted by atomic mass is 9.99. The molecular weight excluding hydrogens is 190 g/mol. The second-order valence-electron chi connectivity index (χ2n) is 3.94. The van der Waals surface area contributed by atoms with Crippen LogP contribution in [-0.4, -0.2) is 37.1 Å². The van der Waals surface area contributed by atoms with Crippen LogP contribution in [0.5, 0.6) is 0 Å². The van der Waals surface area contributed by atoms with Gasteiger partial charge in [-0.2, -0.15) is 0 Å². The van der Waals surface area contributed by atoms with Crippen LogP contribution in [0.2, 0.25) is 0 Å². The molecule has 0 N–H and O–H groups in total.